The van der Waals surface area contributed by atoms with Gasteiger partial charge in [0.15, 0.2) is 5.82 Å². The van der Waals surface area contributed by atoms with Crippen LogP contribution in [0.3, 0.4) is 0 Å². The molecule has 3 N–H and O–H groups in total. The fraction of sp³-hybridized carbons (Fsp3) is 0.143. The SMILES string of the molecule is CN(Cc1ccccc1F)C(=O)c1cnc(NN)c(Cl)c1. The van der Waals surface area contributed by atoms with E-state index in [1.165, 1.54) is 23.2 Å². The lowest BCUT2D eigenvalue weighted by molar-refractivity contribution is 0.0783. The zero-order valence-electron chi connectivity index (χ0n) is 11.3. The first kappa shape index (κ1) is 15.2. The van der Waals surface area contributed by atoms with Gasteiger partial charge in [0.25, 0.3) is 5.91 Å². The van der Waals surface area contributed by atoms with Gasteiger partial charge in [-0.25, -0.2) is 15.2 Å². The minimum atomic E-state index is -0.351. The topological polar surface area (TPSA) is 71.2 Å². The number of nitrogens with zero attached hydrogens (tertiary/aromatic N) is 2. The van der Waals surface area contributed by atoms with Gasteiger partial charge in [-0.1, -0.05) is 29.8 Å². The van der Waals surface area contributed by atoms with Gasteiger partial charge in [-0.15, -0.1) is 0 Å². The molecule has 0 aliphatic heterocycles. The summed E-state index contributed by atoms with van der Waals surface area (Å²) in [5.41, 5.74) is 3.06. The molecule has 7 heteroatoms. The summed E-state index contributed by atoms with van der Waals surface area (Å²) >= 11 is 5.93. The van der Waals surface area contributed by atoms with Crippen LogP contribution < -0.4 is 11.3 Å². The van der Waals surface area contributed by atoms with Gasteiger partial charge in [-0.05, 0) is 12.1 Å². The summed E-state index contributed by atoms with van der Waals surface area (Å²) in [7, 11) is 1.58. The highest BCUT2D eigenvalue weighted by Gasteiger charge is 2.15. The maximum atomic E-state index is 13.6. The number of hydrogen-bond acceptors (Lipinski definition) is 4. The summed E-state index contributed by atoms with van der Waals surface area (Å²) < 4.78 is 13.6. The van der Waals surface area contributed by atoms with Crippen molar-refractivity contribution in [3.8, 4) is 0 Å². The van der Waals surface area contributed by atoms with Gasteiger partial charge < -0.3 is 10.3 Å². The Morgan fingerprint density at radius 1 is 1.48 bits per heavy atom. The predicted molar refractivity (Wildman–Crippen MR) is 79.3 cm³/mol. The number of rotatable bonds is 4. The summed E-state index contributed by atoms with van der Waals surface area (Å²) in [6, 6.07) is 7.77. The number of aromatic nitrogens is 1. The van der Waals surface area contributed by atoms with E-state index in [9.17, 15) is 9.18 Å². The van der Waals surface area contributed by atoms with Crippen LogP contribution in [0.25, 0.3) is 0 Å². The molecule has 21 heavy (non-hydrogen) atoms. The predicted octanol–water partition coefficient (Wildman–Crippen LogP) is 2.43. The fourth-order valence-corrected chi connectivity index (χ4v) is 2.06. The lowest BCUT2D eigenvalue weighted by Crippen LogP contribution is -2.27. The van der Waals surface area contributed by atoms with Crippen molar-refractivity contribution in [2.24, 2.45) is 5.84 Å². The molecule has 2 rings (SSSR count). The van der Waals surface area contributed by atoms with E-state index in [1.54, 1.807) is 25.2 Å². The van der Waals surface area contributed by atoms with Crippen molar-refractivity contribution in [2.75, 3.05) is 12.5 Å². The zero-order chi connectivity index (χ0) is 15.4. The summed E-state index contributed by atoms with van der Waals surface area (Å²) in [6.07, 6.45) is 1.36. The fourth-order valence-electron chi connectivity index (χ4n) is 1.84. The monoisotopic (exact) mass is 308 g/mol. The molecule has 0 aliphatic rings. The van der Waals surface area contributed by atoms with E-state index in [1.807, 2.05) is 0 Å². The number of hydrazine groups is 1. The second-order valence-electron chi connectivity index (χ2n) is 4.45. The molecule has 0 unspecified atom stereocenters. The molecule has 0 atom stereocenters. The molecular weight excluding hydrogens is 295 g/mol. The Morgan fingerprint density at radius 3 is 2.81 bits per heavy atom. The number of nitrogen functional groups attached to an aromatic ring is 1. The number of halogens is 2. The normalized spacial score (nSPS) is 10.3. The molecule has 1 aromatic heterocycles. The van der Waals surface area contributed by atoms with Gasteiger partial charge in [0.1, 0.15) is 5.82 Å². The minimum absolute atomic E-state index is 0.153. The van der Waals surface area contributed by atoms with Gasteiger partial charge in [0, 0.05) is 25.4 Å². The Hall–Kier alpha value is -2.18. The first-order valence-electron chi connectivity index (χ1n) is 6.14. The van der Waals surface area contributed by atoms with Crippen molar-refractivity contribution in [1.29, 1.82) is 0 Å². The van der Waals surface area contributed by atoms with Crippen molar-refractivity contribution in [3.05, 3.63) is 58.5 Å². The minimum Gasteiger partial charge on any atom is -0.337 e. The quantitative estimate of drug-likeness (QED) is 0.672. The molecule has 0 fully saturated rings. The number of nitrogens with one attached hydrogen (secondary N) is 1. The number of nitrogens with two attached hydrogens (primary N) is 1. The highest BCUT2D eigenvalue weighted by atomic mass is 35.5. The highest BCUT2D eigenvalue weighted by Crippen LogP contribution is 2.20. The number of hydrogen-bond donors (Lipinski definition) is 2. The molecule has 0 saturated heterocycles. The number of carbonyl (C=O) groups is 1. The second-order valence-corrected chi connectivity index (χ2v) is 4.86. The van der Waals surface area contributed by atoms with Gasteiger partial charge in [-0.3, -0.25) is 4.79 Å². The molecule has 0 saturated carbocycles. The smallest absolute Gasteiger partial charge is 0.255 e. The first-order valence-corrected chi connectivity index (χ1v) is 6.51. The van der Waals surface area contributed by atoms with Crippen molar-refractivity contribution in [1.82, 2.24) is 9.88 Å². The van der Waals surface area contributed by atoms with E-state index in [0.717, 1.165) is 0 Å². The molecule has 1 heterocycles. The van der Waals surface area contributed by atoms with Crippen LogP contribution in [-0.2, 0) is 6.54 Å². The third-order valence-corrected chi connectivity index (χ3v) is 3.23. The Morgan fingerprint density at radius 2 is 2.19 bits per heavy atom. The zero-order valence-corrected chi connectivity index (χ0v) is 12.1. The van der Waals surface area contributed by atoms with Crippen molar-refractivity contribution >= 4 is 23.3 Å². The molecule has 0 aliphatic carbocycles. The number of carbonyl (C=O) groups excluding carboxylic acids is 1. The number of amides is 1. The lowest BCUT2D eigenvalue weighted by atomic mass is 10.2. The molecule has 110 valence electrons. The summed E-state index contributed by atoms with van der Waals surface area (Å²) in [5.74, 6) is 4.84. The Bertz CT molecular complexity index is 665. The van der Waals surface area contributed by atoms with E-state index in [-0.39, 0.29) is 29.1 Å². The van der Waals surface area contributed by atoms with E-state index in [4.69, 9.17) is 17.4 Å². The Kier molecular flexibility index (Phi) is 4.72. The Labute approximate surface area is 126 Å². The molecule has 2 aromatic rings. The number of pyridine rings is 1. The molecule has 1 amide bonds. The molecular formula is C14H14ClFN4O. The van der Waals surface area contributed by atoms with Crippen LogP contribution >= 0.6 is 11.6 Å². The van der Waals surface area contributed by atoms with Crippen molar-refractivity contribution in [3.63, 3.8) is 0 Å². The third-order valence-electron chi connectivity index (χ3n) is 2.94. The summed E-state index contributed by atoms with van der Waals surface area (Å²) in [4.78, 5) is 17.6. The van der Waals surface area contributed by atoms with Crippen molar-refractivity contribution < 1.29 is 9.18 Å². The largest absolute Gasteiger partial charge is 0.337 e. The average molecular weight is 309 g/mol. The Balaban J connectivity index is 2.16. The second kappa shape index (κ2) is 6.51. The summed E-state index contributed by atoms with van der Waals surface area (Å²) in [5, 5.41) is 0.239. The van der Waals surface area contributed by atoms with Gasteiger partial charge >= 0.3 is 0 Å². The van der Waals surface area contributed by atoms with E-state index < -0.39 is 0 Å². The number of benzene rings is 1. The van der Waals surface area contributed by atoms with Crippen LogP contribution in [0.2, 0.25) is 5.02 Å². The molecule has 0 bridgehead atoms. The van der Waals surface area contributed by atoms with Gasteiger partial charge in [0.05, 0.1) is 10.6 Å². The third kappa shape index (κ3) is 3.48. The summed E-state index contributed by atoms with van der Waals surface area (Å²) in [6.45, 7) is 0.153. The average Bonchev–Trinajstić information content (AvgIpc) is 2.48. The lowest BCUT2D eigenvalue weighted by Gasteiger charge is -2.18. The van der Waals surface area contributed by atoms with Gasteiger partial charge in [-0.2, -0.15) is 0 Å². The van der Waals surface area contributed by atoms with E-state index >= 15 is 0 Å². The molecule has 0 spiro atoms. The molecule has 1 aromatic carbocycles. The van der Waals surface area contributed by atoms with E-state index in [2.05, 4.69) is 10.4 Å². The van der Waals surface area contributed by atoms with E-state index in [0.29, 0.717) is 11.1 Å². The standard InChI is InChI=1S/C14H14ClFN4O/c1-20(8-9-4-2-3-5-12(9)16)14(21)10-6-11(15)13(19-17)18-7-10/h2-7H,8,17H2,1H3,(H,18,19). The van der Waals surface area contributed by atoms with Crippen LogP contribution in [0.5, 0.6) is 0 Å². The highest BCUT2D eigenvalue weighted by molar-refractivity contribution is 6.33. The maximum Gasteiger partial charge on any atom is 0.255 e. The van der Waals surface area contributed by atoms with Crippen LogP contribution in [0, 0.1) is 5.82 Å². The van der Waals surface area contributed by atoms with Crippen LogP contribution in [-0.4, -0.2) is 22.8 Å². The van der Waals surface area contributed by atoms with Crippen LogP contribution in [0.15, 0.2) is 36.5 Å². The van der Waals surface area contributed by atoms with Crippen LogP contribution in [0.1, 0.15) is 15.9 Å². The first-order chi connectivity index (χ1) is 10.0. The number of anilines is 1. The van der Waals surface area contributed by atoms with Crippen molar-refractivity contribution in [2.45, 2.75) is 6.54 Å². The van der Waals surface area contributed by atoms with Gasteiger partial charge in [0.2, 0.25) is 0 Å². The molecule has 5 nitrogen and oxygen atoms in total. The van der Waals surface area contributed by atoms with Crippen LogP contribution in [0.4, 0.5) is 10.2 Å². The maximum absolute atomic E-state index is 13.6. The molecule has 0 radical (unpaired) electrons.